The van der Waals surface area contributed by atoms with Crippen LogP contribution in [0.4, 0.5) is 8.78 Å². The summed E-state index contributed by atoms with van der Waals surface area (Å²) in [5.41, 5.74) is 7.36. The van der Waals surface area contributed by atoms with Gasteiger partial charge < -0.3 is 5.73 Å². The molecule has 0 bridgehead atoms. The Morgan fingerprint density at radius 1 is 1.35 bits per heavy atom. The average molecular weight is 282 g/mol. The first-order valence-electron chi connectivity index (χ1n) is 7.51. The lowest BCUT2D eigenvalue weighted by Gasteiger charge is -2.33. The topological polar surface area (TPSA) is 29.3 Å². The van der Waals surface area contributed by atoms with Gasteiger partial charge in [0.05, 0.1) is 0 Å². The van der Waals surface area contributed by atoms with Gasteiger partial charge in [-0.25, -0.2) is 8.78 Å². The Morgan fingerprint density at radius 2 is 2.15 bits per heavy atom. The zero-order valence-corrected chi connectivity index (χ0v) is 12.1. The van der Waals surface area contributed by atoms with Crippen molar-refractivity contribution in [3.05, 3.63) is 35.4 Å². The summed E-state index contributed by atoms with van der Waals surface area (Å²) >= 11 is 0. The molecule has 1 aliphatic heterocycles. The molecule has 2 unspecified atom stereocenters. The Kier molecular flexibility index (Phi) is 5.49. The van der Waals surface area contributed by atoms with Gasteiger partial charge in [-0.1, -0.05) is 31.5 Å². The highest BCUT2D eigenvalue weighted by atomic mass is 19.3. The van der Waals surface area contributed by atoms with Gasteiger partial charge in [-0.15, -0.1) is 0 Å². The van der Waals surface area contributed by atoms with Gasteiger partial charge in [-0.2, -0.15) is 0 Å². The van der Waals surface area contributed by atoms with Crippen LogP contribution in [0.3, 0.4) is 0 Å². The number of benzene rings is 1. The SMILES string of the molecule is CCCN1CCCCC(N)C1c1cccc(C(F)F)c1. The van der Waals surface area contributed by atoms with Crippen molar-refractivity contribution in [1.82, 2.24) is 4.90 Å². The van der Waals surface area contributed by atoms with E-state index in [0.717, 1.165) is 44.3 Å². The average Bonchev–Trinajstić information content (AvgIpc) is 2.61. The molecular weight excluding hydrogens is 258 g/mol. The molecule has 2 nitrogen and oxygen atoms in total. The normalized spacial score (nSPS) is 24.9. The van der Waals surface area contributed by atoms with Crippen molar-refractivity contribution in [2.75, 3.05) is 13.1 Å². The molecule has 1 aromatic rings. The standard InChI is InChI=1S/C16H24F2N2/c1-2-9-20-10-4-3-8-14(19)15(20)12-6-5-7-13(11-12)16(17)18/h5-7,11,14-16H,2-4,8-10,19H2,1H3. The van der Waals surface area contributed by atoms with E-state index in [9.17, 15) is 8.78 Å². The molecule has 1 aliphatic rings. The largest absolute Gasteiger partial charge is 0.326 e. The molecule has 2 rings (SSSR count). The molecule has 0 aromatic heterocycles. The molecule has 0 saturated carbocycles. The Balaban J connectivity index is 2.30. The highest BCUT2D eigenvalue weighted by Gasteiger charge is 2.28. The molecule has 1 aromatic carbocycles. The Labute approximate surface area is 120 Å². The van der Waals surface area contributed by atoms with E-state index in [4.69, 9.17) is 5.73 Å². The first-order chi connectivity index (χ1) is 9.63. The zero-order valence-electron chi connectivity index (χ0n) is 12.1. The van der Waals surface area contributed by atoms with E-state index in [1.807, 2.05) is 6.07 Å². The molecule has 1 fully saturated rings. The van der Waals surface area contributed by atoms with E-state index in [0.29, 0.717) is 0 Å². The maximum absolute atomic E-state index is 12.9. The summed E-state index contributed by atoms with van der Waals surface area (Å²) in [5.74, 6) is 0. The molecule has 2 atom stereocenters. The zero-order chi connectivity index (χ0) is 14.5. The van der Waals surface area contributed by atoms with Crippen LogP contribution in [0, 0.1) is 0 Å². The van der Waals surface area contributed by atoms with Crippen LogP contribution in [0.15, 0.2) is 24.3 Å². The lowest BCUT2D eigenvalue weighted by Crippen LogP contribution is -2.40. The minimum atomic E-state index is -2.42. The predicted octanol–water partition coefficient (Wildman–Crippen LogP) is 3.89. The van der Waals surface area contributed by atoms with Crippen LogP contribution in [-0.2, 0) is 0 Å². The van der Waals surface area contributed by atoms with Gasteiger partial charge in [-0.05, 0) is 44.0 Å². The number of hydrogen-bond acceptors (Lipinski definition) is 2. The monoisotopic (exact) mass is 282 g/mol. The quantitative estimate of drug-likeness (QED) is 0.908. The van der Waals surface area contributed by atoms with Crippen LogP contribution in [0.5, 0.6) is 0 Å². The number of alkyl halides is 2. The molecule has 1 saturated heterocycles. The smallest absolute Gasteiger partial charge is 0.263 e. The lowest BCUT2D eigenvalue weighted by atomic mass is 9.95. The molecule has 0 amide bonds. The van der Waals surface area contributed by atoms with Crippen LogP contribution in [-0.4, -0.2) is 24.0 Å². The third-order valence-electron chi connectivity index (χ3n) is 4.05. The minimum Gasteiger partial charge on any atom is -0.326 e. The summed E-state index contributed by atoms with van der Waals surface area (Å²) in [5, 5.41) is 0. The summed E-state index contributed by atoms with van der Waals surface area (Å²) in [7, 11) is 0. The number of hydrogen-bond donors (Lipinski definition) is 1. The molecule has 112 valence electrons. The number of halogens is 2. The van der Waals surface area contributed by atoms with Gasteiger partial charge in [-0.3, -0.25) is 4.90 Å². The second-order valence-corrected chi connectivity index (χ2v) is 5.61. The van der Waals surface area contributed by atoms with E-state index >= 15 is 0 Å². The van der Waals surface area contributed by atoms with Crippen molar-refractivity contribution in [3.63, 3.8) is 0 Å². The number of rotatable bonds is 4. The number of nitrogens with zero attached hydrogens (tertiary/aromatic N) is 1. The summed E-state index contributed by atoms with van der Waals surface area (Å²) in [6, 6.07) is 6.86. The Morgan fingerprint density at radius 3 is 2.85 bits per heavy atom. The molecule has 4 heteroatoms. The van der Waals surface area contributed by atoms with E-state index in [2.05, 4.69) is 11.8 Å². The maximum Gasteiger partial charge on any atom is 0.263 e. The molecule has 2 N–H and O–H groups in total. The third kappa shape index (κ3) is 3.55. The Bertz CT molecular complexity index is 423. The molecule has 0 spiro atoms. The second-order valence-electron chi connectivity index (χ2n) is 5.61. The van der Waals surface area contributed by atoms with E-state index < -0.39 is 6.43 Å². The van der Waals surface area contributed by atoms with Gasteiger partial charge in [0, 0.05) is 17.6 Å². The highest BCUT2D eigenvalue weighted by Crippen LogP contribution is 2.31. The van der Waals surface area contributed by atoms with Crippen molar-refractivity contribution in [1.29, 1.82) is 0 Å². The van der Waals surface area contributed by atoms with Crippen molar-refractivity contribution >= 4 is 0 Å². The summed E-state index contributed by atoms with van der Waals surface area (Å²) in [6.07, 6.45) is 1.85. The Hall–Kier alpha value is -1.00. The highest BCUT2D eigenvalue weighted by molar-refractivity contribution is 5.28. The third-order valence-corrected chi connectivity index (χ3v) is 4.05. The van der Waals surface area contributed by atoms with Crippen molar-refractivity contribution < 1.29 is 8.78 Å². The molecule has 0 aliphatic carbocycles. The van der Waals surface area contributed by atoms with Crippen LogP contribution < -0.4 is 5.73 Å². The van der Waals surface area contributed by atoms with Gasteiger partial charge in [0.2, 0.25) is 0 Å². The summed E-state index contributed by atoms with van der Waals surface area (Å²) in [6.45, 7) is 4.12. The van der Waals surface area contributed by atoms with Crippen LogP contribution in [0.1, 0.15) is 56.2 Å². The molecular formula is C16H24F2N2. The predicted molar refractivity (Wildman–Crippen MR) is 77.8 cm³/mol. The van der Waals surface area contributed by atoms with Crippen molar-refractivity contribution in [2.45, 2.75) is 51.1 Å². The van der Waals surface area contributed by atoms with E-state index in [1.165, 1.54) is 6.07 Å². The van der Waals surface area contributed by atoms with E-state index in [-0.39, 0.29) is 17.6 Å². The van der Waals surface area contributed by atoms with Gasteiger partial charge in [0.15, 0.2) is 0 Å². The summed E-state index contributed by atoms with van der Waals surface area (Å²) < 4.78 is 25.8. The maximum atomic E-state index is 12.9. The van der Waals surface area contributed by atoms with Gasteiger partial charge in [0.25, 0.3) is 6.43 Å². The first kappa shape index (κ1) is 15.4. The van der Waals surface area contributed by atoms with E-state index in [1.54, 1.807) is 12.1 Å². The lowest BCUT2D eigenvalue weighted by molar-refractivity contribution is 0.150. The van der Waals surface area contributed by atoms with Gasteiger partial charge >= 0.3 is 0 Å². The number of nitrogens with two attached hydrogens (primary N) is 1. The first-order valence-corrected chi connectivity index (χ1v) is 7.51. The molecule has 0 radical (unpaired) electrons. The molecule has 20 heavy (non-hydrogen) atoms. The fourth-order valence-corrected chi connectivity index (χ4v) is 3.14. The fraction of sp³-hybridized carbons (Fsp3) is 0.625. The van der Waals surface area contributed by atoms with Crippen LogP contribution in [0.2, 0.25) is 0 Å². The second kappa shape index (κ2) is 7.14. The van der Waals surface area contributed by atoms with Crippen LogP contribution >= 0.6 is 0 Å². The number of likely N-dealkylation sites (tertiary alicyclic amines) is 1. The van der Waals surface area contributed by atoms with Gasteiger partial charge in [0.1, 0.15) is 0 Å². The van der Waals surface area contributed by atoms with Crippen molar-refractivity contribution in [2.24, 2.45) is 5.73 Å². The minimum absolute atomic E-state index is 0.0250. The van der Waals surface area contributed by atoms with Crippen LogP contribution in [0.25, 0.3) is 0 Å². The molecule has 1 heterocycles. The van der Waals surface area contributed by atoms with Crippen molar-refractivity contribution in [3.8, 4) is 0 Å². The fourth-order valence-electron chi connectivity index (χ4n) is 3.14. The summed E-state index contributed by atoms with van der Waals surface area (Å²) in [4.78, 5) is 2.36.